The van der Waals surface area contributed by atoms with Crippen molar-refractivity contribution < 1.29 is 10.3 Å². The molecule has 2 rings (SSSR count). The minimum absolute atomic E-state index is 0.158. The van der Waals surface area contributed by atoms with Crippen molar-refractivity contribution in [3.63, 3.8) is 0 Å². The van der Waals surface area contributed by atoms with Gasteiger partial charge < -0.3 is 10.3 Å². The van der Waals surface area contributed by atoms with Crippen molar-refractivity contribution in [2.45, 2.75) is 57.6 Å². The van der Waals surface area contributed by atoms with Crippen LogP contribution in [0.5, 0.6) is 0 Å². The lowest BCUT2D eigenvalue weighted by molar-refractivity contribution is 0.0127. The highest BCUT2D eigenvalue weighted by Crippen LogP contribution is 2.27. The lowest BCUT2D eigenvalue weighted by Gasteiger charge is -2.42. The van der Waals surface area contributed by atoms with E-state index in [1.165, 1.54) is 6.42 Å². The summed E-state index contributed by atoms with van der Waals surface area (Å²) in [4.78, 5) is 2.41. The van der Waals surface area contributed by atoms with Crippen molar-refractivity contribution in [1.29, 1.82) is 0 Å². The van der Waals surface area contributed by atoms with Crippen LogP contribution in [0.25, 0.3) is 0 Å². The van der Waals surface area contributed by atoms with Crippen molar-refractivity contribution in [3.8, 4) is 0 Å². The molecule has 3 unspecified atom stereocenters. The number of aliphatic hydroxyl groups is 1. The van der Waals surface area contributed by atoms with E-state index in [2.05, 4.69) is 17.0 Å². The molecule has 0 spiro atoms. The van der Waals surface area contributed by atoms with Gasteiger partial charge in [-0.2, -0.15) is 0 Å². The van der Waals surface area contributed by atoms with Crippen molar-refractivity contribution in [3.05, 3.63) is 0 Å². The summed E-state index contributed by atoms with van der Waals surface area (Å²) in [7, 11) is 0. The number of oxime groups is 1. The van der Waals surface area contributed by atoms with Crippen LogP contribution < -0.4 is 0 Å². The van der Waals surface area contributed by atoms with Crippen LogP contribution in [-0.4, -0.2) is 46.2 Å². The maximum Gasteiger partial charge on any atom is 0.0695 e. The van der Waals surface area contributed by atoms with E-state index in [0.717, 1.165) is 50.9 Å². The standard InChI is InChI=1S/C13H24N2O2/c1-2-10-9-15(8-7-11(10)14-17)12-5-3-4-6-13(12)16/h10,12-13,16-17H,2-9H2,1H3. The van der Waals surface area contributed by atoms with E-state index >= 15 is 0 Å². The van der Waals surface area contributed by atoms with E-state index in [1.807, 2.05) is 0 Å². The highest BCUT2D eigenvalue weighted by Gasteiger charge is 2.33. The molecule has 1 heterocycles. The van der Waals surface area contributed by atoms with Gasteiger partial charge >= 0.3 is 0 Å². The Hall–Kier alpha value is -0.610. The van der Waals surface area contributed by atoms with Crippen molar-refractivity contribution in [1.82, 2.24) is 4.90 Å². The first kappa shape index (κ1) is 12.8. The fourth-order valence-electron chi connectivity index (χ4n) is 3.26. The maximum absolute atomic E-state index is 10.1. The summed E-state index contributed by atoms with van der Waals surface area (Å²) in [6, 6.07) is 0.332. The fraction of sp³-hybridized carbons (Fsp3) is 0.923. The Labute approximate surface area is 103 Å². The van der Waals surface area contributed by atoms with Gasteiger partial charge in [0, 0.05) is 31.5 Å². The van der Waals surface area contributed by atoms with Gasteiger partial charge in [-0.15, -0.1) is 0 Å². The summed E-state index contributed by atoms with van der Waals surface area (Å²) in [6.45, 7) is 4.01. The Morgan fingerprint density at radius 2 is 2.12 bits per heavy atom. The number of hydrogen-bond acceptors (Lipinski definition) is 4. The van der Waals surface area contributed by atoms with E-state index < -0.39 is 0 Å². The summed E-state index contributed by atoms with van der Waals surface area (Å²) in [5.74, 6) is 0.364. The van der Waals surface area contributed by atoms with E-state index in [-0.39, 0.29) is 6.10 Å². The molecule has 0 aromatic heterocycles. The van der Waals surface area contributed by atoms with Gasteiger partial charge in [0.25, 0.3) is 0 Å². The highest BCUT2D eigenvalue weighted by molar-refractivity contribution is 5.87. The smallest absolute Gasteiger partial charge is 0.0695 e. The van der Waals surface area contributed by atoms with Crippen LogP contribution in [0.4, 0.5) is 0 Å². The molecule has 0 amide bonds. The summed E-state index contributed by atoms with van der Waals surface area (Å²) < 4.78 is 0. The summed E-state index contributed by atoms with van der Waals surface area (Å²) in [5, 5.41) is 22.5. The molecule has 2 fully saturated rings. The molecule has 4 nitrogen and oxygen atoms in total. The quantitative estimate of drug-likeness (QED) is 0.572. The Balaban J connectivity index is 1.98. The number of likely N-dealkylation sites (tertiary alicyclic amines) is 1. The first-order valence-corrected chi connectivity index (χ1v) is 6.89. The number of nitrogens with zero attached hydrogens (tertiary/aromatic N) is 2. The molecule has 4 heteroatoms. The molecule has 0 bridgehead atoms. The Morgan fingerprint density at radius 1 is 1.35 bits per heavy atom. The minimum Gasteiger partial charge on any atom is -0.411 e. The van der Waals surface area contributed by atoms with Gasteiger partial charge in [0.15, 0.2) is 0 Å². The van der Waals surface area contributed by atoms with Crippen LogP contribution in [0, 0.1) is 5.92 Å². The largest absolute Gasteiger partial charge is 0.411 e. The average molecular weight is 240 g/mol. The number of rotatable bonds is 2. The van der Waals surface area contributed by atoms with Gasteiger partial charge in [-0.25, -0.2) is 0 Å². The van der Waals surface area contributed by atoms with E-state index in [0.29, 0.717) is 12.0 Å². The maximum atomic E-state index is 10.1. The van der Waals surface area contributed by atoms with E-state index in [1.54, 1.807) is 0 Å². The molecule has 1 saturated carbocycles. The Kier molecular flexibility index (Phi) is 4.40. The molecule has 2 N–H and O–H groups in total. The number of hydrogen-bond donors (Lipinski definition) is 2. The lowest BCUT2D eigenvalue weighted by Crippen LogP contribution is -2.51. The zero-order chi connectivity index (χ0) is 12.3. The zero-order valence-electron chi connectivity index (χ0n) is 10.7. The SMILES string of the molecule is CCC1CN(C2CCCCC2O)CCC1=NO. The van der Waals surface area contributed by atoms with Crippen LogP contribution in [0.15, 0.2) is 5.16 Å². The van der Waals surface area contributed by atoms with Gasteiger partial charge in [-0.3, -0.25) is 4.90 Å². The van der Waals surface area contributed by atoms with Crippen molar-refractivity contribution in [2.75, 3.05) is 13.1 Å². The fourth-order valence-corrected chi connectivity index (χ4v) is 3.26. The summed E-state index contributed by atoms with van der Waals surface area (Å²) >= 11 is 0. The molecule has 0 aromatic rings. The van der Waals surface area contributed by atoms with Crippen LogP contribution in [0.1, 0.15) is 45.4 Å². The molecule has 1 aliphatic carbocycles. The Bertz CT molecular complexity index is 281. The first-order chi connectivity index (χ1) is 8.26. The predicted octanol–water partition coefficient (Wildman–Crippen LogP) is 1.85. The third-order valence-electron chi connectivity index (χ3n) is 4.37. The van der Waals surface area contributed by atoms with Crippen LogP contribution in [0.2, 0.25) is 0 Å². The molecule has 2 aliphatic rings. The van der Waals surface area contributed by atoms with Gasteiger partial charge in [0.2, 0.25) is 0 Å². The highest BCUT2D eigenvalue weighted by atomic mass is 16.4. The topological polar surface area (TPSA) is 56.1 Å². The molecule has 1 saturated heterocycles. The summed E-state index contributed by atoms with van der Waals surface area (Å²) in [5.41, 5.74) is 0.939. The van der Waals surface area contributed by atoms with Gasteiger partial charge in [-0.05, 0) is 19.3 Å². The van der Waals surface area contributed by atoms with Crippen molar-refractivity contribution >= 4 is 5.71 Å². The molecule has 0 radical (unpaired) electrons. The third kappa shape index (κ3) is 2.80. The average Bonchev–Trinajstić information content (AvgIpc) is 2.38. The predicted molar refractivity (Wildman–Crippen MR) is 67.5 cm³/mol. The molecule has 1 aliphatic heterocycles. The minimum atomic E-state index is -0.158. The molecular formula is C13H24N2O2. The van der Waals surface area contributed by atoms with E-state index in [4.69, 9.17) is 5.21 Å². The van der Waals surface area contributed by atoms with Gasteiger partial charge in [-0.1, -0.05) is 24.9 Å². The number of piperidine rings is 1. The summed E-state index contributed by atoms with van der Waals surface area (Å²) in [6.07, 6.45) is 6.15. The number of aliphatic hydroxyl groups excluding tert-OH is 1. The second-order valence-electron chi connectivity index (χ2n) is 5.36. The zero-order valence-corrected chi connectivity index (χ0v) is 10.7. The molecule has 0 aromatic carbocycles. The first-order valence-electron chi connectivity index (χ1n) is 6.89. The van der Waals surface area contributed by atoms with Crippen molar-refractivity contribution in [2.24, 2.45) is 11.1 Å². The Morgan fingerprint density at radius 3 is 2.76 bits per heavy atom. The normalized spacial score (nSPS) is 38.5. The lowest BCUT2D eigenvalue weighted by atomic mass is 9.87. The van der Waals surface area contributed by atoms with Crippen LogP contribution in [0.3, 0.4) is 0 Å². The molecule has 3 atom stereocenters. The molecular weight excluding hydrogens is 216 g/mol. The molecule has 17 heavy (non-hydrogen) atoms. The van der Waals surface area contributed by atoms with Crippen LogP contribution >= 0.6 is 0 Å². The second-order valence-corrected chi connectivity index (χ2v) is 5.36. The third-order valence-corrected chi connectivity index (χ3v) is 4.37. The monoisotopic (exact) mass is 240 g/mol. The second kappa shape index (κ2) is 5.83. The van der Waals surface area contributed by atoms with Gasteiger partial charge in [0.1, 0.15) is 0 Å². The van der Waals surface area contributed by atoms with Gasteiger partial charge in [0.05, 0.1) is 11.8 Å². The van der Waals surface area contributed by atoms with Crippen LogP contribution in [-0.2, 0) is 0 Å². The molecule has 98 valence electrons. The van der Waals surface area contributed by atoms with E-state index in [9.17, 15) is 5.11 Å².